The third-order valence-electron chi connectivity index (χ3n) is 1.26. The van der Waals surface area contributed by atoms with Gasteiger partial charge in [-0.1, -0.05) is 5.59 Å². The quantitative estimate of drug-likeness (QED) is 0.302. The Bertz CT molecular complexity index is 132. The molecule has 0 atom stereocenters. The Labute approximate surface area is 77.2 Å². The van der Waals surface area contributed by atoms with Gasteiger partial charge in [0.15, 0.2) is 0 Å². The molecule has 0 bridgehead atoms. The summed E-state index contributed by atoms with van der Waals surface area (Å²) in [5.74, 6) is 4.31. The summed E-state index contributed by atoms with van der Waals surface area (Å²) >= 11 is 0. The minimum Gasteiger partial charge on any atom is -0.385 e. The smallest absolute Gasteiger partial charge is 0.328 e. The summed E-state index contributed by atoms with van der Waals surface area (Å²) in [6.45, 7) is 1.58. The Morgan fingerprint density at radius 3 is 2.77 bits per heavy atom. The molecule has 6 nitrogen and oxygen atoms in total. The van der Waals surface area contributed by atoms with Gasteiger partial charge in [-0.2, -0.15) is 0 Å². The molecular weight excluding hydrogens is 176 g/mol. The van der Waals surface area contributed by atoms with Crippen LogP contribution in [0.5, 0.6) is 0 Å². The normalized spacial score (nSPS) is 10.0. The van der Waals surface area contributed by atoms with Crippen LogP contribution in [0.1, 0.15) is 12.8 Å². The predicted molar refractivity (Wildman–Crippen MR) is 45.3 cm³/mol. The number of carbonyl (C=O) groups is 1. The fourth-order valence-corrected chi connectivity index (χ4v) is 0.680. The summed E-state index contributed by atoms with van der Waals surface area (Å²) in [5.41, 5.74) is 1.80. The molecule has 0 fully saturated rings. The van der Waals surface area contributed by atoms with Crippen LogP contribution in [-0.2, 0) is 19.1 Å². The molecule has 0 amide bonds. The van der Waals surface area contributed by atoms with Crippen molar-refractivity contribution in [3.8, 4) is 0 Å². The van der Waals surface area contributed by atoms with E-state index in [0.717, 1.165) is 6.42 Å². The maximum absolute atomic E-state index is 10.7. The van der Waals surface area contributed by atoms with Gasteiger partial charge >= 0.3 is 5.97 Å². The number of carbonyl (C=O) groups excluding carboxylic acids is 1. The molecule has 0 aliphatic carbocycles. The van der Waals surface area contributed by atoms with Crippen molar-refractivity contribution in [2.24, 2.45) is 5.84 Å². The van der Waals surface area contributed by atoms with Gasteiger partial charge in [-0.3, -0.25) is 4.79 Å². The van der Waals surface area contributed by atoms with E-state index in [9.17, 15) is 4.79 Å². The maximum atomic E-state index is 10.7. The minimum atomic E-state index is -0.436. The summed E-state index contributed by atoms with van der Waals surface area (Å²) in [7, 11) is 1.63. The predicted octanol–water partition coefficient (Wildman–Crippen LogP) is -0.649. The molecule has 0 aromatic heterocycles. The lowest BCUT2D eigenvalue weighted by atomic mass is 10.4. The molecule has 6 heteroatoms. The van der Waals surface area contributed by atoms with Crippen LogP contribution in [0, 0.1) is 0 Å². The van der Waals surface area contributed by atoms with Crippen LogP contribution in [0.15, 0.2) is 0 Å². The van der Waals surface area contributed by atoms with Crippen molar-refractivity contribution >= 4 is 5.97 Å². The number of nitrogens with one attached hydrogen (secondary N) is 1. The second kappa shape index (κ2) is 9.40. The van der Waals surface area contributed by atoms with Crippen LogP contribution in [0.25, 0.3) is 0 Å². The lowest BCUT2D eigenvalue weighted by Gasteiger charge is -2.03. The summed E-state index contributed by atoms with van der Waals surface area (Å²) in [6.07, 6.45) is 1.01. The van der Waals surface area contributed by atoms with Gasteiger partial charge < -0.3 is 14.3 Å². The standard InChI is InChI=1S/C7H16N2O4/c1-11-4-2-5-12-6-3-7(10)13-9-8/h9H,2-6,8H2,1H3. The van der Waals surface area contributed by atoms with E-state index in [1.54, 1.807) is 12.7 Å². The first kappa shape index (κ1) is 12.3. The van der Waals surface area contributed by atoms with E-state index in [1.165, 1.54) is 0 Å². The van der Waals surface area contributed by atoms with Crippen molar-refractivity contribution < 1.29 is 19.1 Å². The SMILES string of the molecule is COCCCOCCC(=O)ONN. The van der Waals surface area contributed by atoms with Gasteiger partial charge in [0.25, 0.3) is 0 Å². The lowest BCUT2D eigenvalue weighted by Crippen LogP contribution is -2.26. The van der Waals surface area contributed by atoms with Crippen molar-refractivity contribution in [2.45, 2.75) is 12.8 Å². The highest BCUT2D eigenvalue weighted by molar-refractivity contribution is 5.69. The van der Waals surface area contributed by atoms with Crippen LogP contribution in [0.3, 0.4) is 0 Å². The van der Waals surface area contributed by atoms with E-state index < -0.39 is 5.97 Å². The number of nitrogens with two attached hydrogens (primary N) is 1. The molecule has 0 aliphatic rings. The lowest BCUT2D eigenvalue weighted by molar-refractivity contribution is -0.152. The van der Waals surface area contributed by atoms with Crippen LogP contribution in [0.4, 0.5) is 0 Å². The number of methoxy groups -OCH3 is 1. The molecule has 0 aromatic rings. The first-order valence-electron chi connectivity index (χ1n) is 4.03. The Morgan fingerprint density at radius 1 is 1.38 bits per heavy atom. The largest absolute Gasteiger partial charge is 0.385 e. The van der Waals surface area contributed by atoms with Crippen molar-refractivity contribution in [2.75, 3.05) is 26.9 Å². The Hall–Kier alpha value is -0.690. The highest BCUT2D eigenvalue weighted by Crippen LogP contribution is 1.88. The molecule has 0 unspecified atom stereocenters. The van der Waals surface area contributed by atoms with Crippen LogP contribution >= 0.6 is 0 Å². The van der Waals surface area contributed by atoms with Crippen molar-refractivity contribution in [1.82, 2.24) is 5.59 Å². The number of hydrazine groups is 1. The molecule has 0 radical (unpaired) electrons. The highest BCUT2D eigenvalue weighted by Gasteiger charge is 2.00. The van der Waals surface area contributed by atoms with E-state index in [1.807, 2.05) is 0 Å². The zero-order valence-corrected chi connectivity index (χ0v) is 7.75. The number of hydrogen-bond donors (Lipinski definition) is 2. The number of hydrogen-bond acceptors (Lipinski definition) is 6. The van der Waals surface area contributed by atoms with Gasteiger partial charge in [0.05, 0.1) is 13.0 Å². The third-order valence-corrected chi connectivity index (χ3v) is 1.26. The van der Waals surface area contributed by atoms with Crippen LogP contribution in [-0.4, -0.2) is 32.9 Å². The Kier molecular flexibility index (Phi) is 8.90. The average Bonchev–Trinajstić information content (AvgIpc) is 2.11. The molecule has 0 saturated carbocycles. The molecule has 0 spiro atoms. The van der Waals surface area contributed by atoms with Crippen molar-refractivity contribution in [3.63, 3.8) is 0 Å². The molecule has 3 N–H and O–H groups in total. The van der Waals surface area contributed by atoms with E-state index in [2.05, 4.69) is 4.84 Å². The van der Waals surface area contributed by atoms with Crippen LogP contribution < -0.4 is 11.4 Å². The summed E-state index contributed by atoms with van der Waals surface area (Å²) in [4.78, 5) is 14.9. The van der Waals surface area contributed by atoms with E-state index in [4.69, 9.17) is 15.3 Å². The van der Waals surface area contributed by atoms with Gasteiger partial charge in [0.1, 0.15) is 0 Å². The van der Waals surface area contributed by atoms with Gasteiger partial charge in [-0.05, 0) is 6.42 Å². The number of ether oxygens (including phenoxy) is 2. The molecule has 0 heterocycles. The average molecular weight is 192 g/mol. The second-order valence-electron chi connectivity index (χ2n) is 2.30. The van der Waals surface area contributed by atoms with E-state index in [-0.39, 0.29) is 6.42 Å². The van der Waals surface area contributed by atoms with E-state index >= 15 is 0 Å². The fraction of sp³-hybridized carbons (Fsp3) is 0.857. The van der Waals surface area contributed by atoms with Crippen LogP contribution in [0.2, 0.25) is 0 Å². The summed E-state index contributed by atoms with van der Waals surface area (Å²) in [5, 5.41) is 0. The third kappa shape index (κ3) is 9.22. The molecule has 0 saturated heterocycles. The molecule has 13 heavy (non-hydrogen) atoms. The summed E-state index contributed by atoms with van der Waals surface area (Å²) < 4.78 is 9.91. The topological polar surface area (TPSA) is 82.8 Å². The van der Waals surface area contributed by atoms with Crippen molar-refractivity contribution in [1.29, 1.82) is 0 Å². The minimum absolute atomic E-state index is 0.192. The monoisotopic (exact) mass is 192 g/mol. The molecular formula is C7H16N2O4. The summed E-state index contributed by atoms with van der Waals surface area (Å²) in [6, 6.07) is 0. The first-order valence-corrected chi connectivity index (χ1v) is 4.03. The van der Waals surface area contributed by atoms with Gasteiger partial charge in [0, 0.05) is 20.3 Å². The zero-order chi connectivity index (χ0) is 9.94. The number of rotatable bonds is 8. The maximum Gasteiger partial charge on any atom is 0.328 e. The van der Waals surface area contributed by atoms with Gasteiger partial charge in [0.2, 0.25) is 0 Å². The molecule has 78 valence electrons. The zero-order valence-electron chi connectivity index (χ0n) is 7.75. The molecule has 0 rings (SSSR count). The van der Waals surface area contributed by atoms with Gasteiger partial charge in [-0.15, -0.1) is 0 Å². The molecule has 0 aromatic carbocycles. The second-order valence-corrected chi connectivity index (χ2v) is 2.30. The molecule has 0 aliphatic heterocycles. The van der Waals surface area contributed by atoms with Gasteiger partial charge in [-0.25, -0.2) is 5.84 Å². The highest BCUT2D eigenvalue weighted by atomic mass is 16.7. The Morgan fingerprint density at radius 2 is 2.15 bits per heavy atom. The Balaban J connectivity index is 3.02. The van der Waals surface area contributed by atoms with Crippen molar-refractivity contribution in [3.05, 3.63) is 0 Å². The van der Waals surface area contributed by atoms with E-state index in [0.29, 0.717) is 19.8 Å². The first-order chi connectivity index (χ1) is 6.31. The fourth-order valence-electron chi connectivity index (χ4n) is 0.680.